The van der Waals surface area contributed by atoms with Gasteiger partial charge in [-0.05, 0) is 20.3 Å². The Morgan fingerprint density at radius 3 is 2.67 bits per heavy atom. The fourth-order valence-corrected chi connectivity index (χ4v) is 2.49. The predicted molar refractivity (Wildman–Crippen MR) is 62.4 cm³/mol. The summed E-state index contributed by atoms with van der Waals surface area (Å²) < 4.78 is 25.4. The van der Waals surface area contributed by atoms with Crippen LogP contribution >= 0.6 is 11.3 Å². The van der Waals surface area contributed by atoms with Crippen LogP contribution in [0.1, 0.15) is 30.7 Å². The molecule has 0 amide bonds. The lowest BCUT2D eigenvalue weighted by atomic mass is 10.4. The summed E-state index contributed by atoms with van der Waals surface area (Å²) >= 11 is 1.55. The highest BCUT2D eigenvalue weighted by Gasteiger charge is 2.15. The minimum Gasteiger partial charge on any atom is -0.248 e. The first-order chi connectivity index (χ1) is 6.95. The molecule has 1 aromatic rings. The van der Waals surface area contributed by atoms with Crippen LogP contribution in [0.3, 0.4) is 0 Å². The lowest BCUT2D eigenvalue weighted by Crippen LogP contribution is -2.30. The number of thiazole rings is 1. The smallest absolute Gasteiger partial charge is 0.214 e. The lowest BCUT2D eigenvalue weighted by Gasteiger charge is -2.07. The molecule has 0 saturated heterocycles. The Morgan fingerprint density at radius 2 is 2.20 bits per heavy atom. The molecule has 0 saturated carbocycles. The van der Waals surface area contributed by atoms with E-state index >= 15 is 0 Å². The van der Waals surface area contributed by atoms with Crippen LogP contribution in [0.4, 0.5) is 0 Å². The summed E-state index contributed by atoms with van der Waals surface area (Å²) in [5, 5.41) is 0.416. The highest BCUT2D eigenvalue weighted by molar-refractivity contribution is 7.90. The first kappa shape index (κ1) is 12.6. The Balaban J connectivity index is 2.58. The maximum Gasteiger partial charge on any atom is 0.214 e. The second-order valence-electron chi connectivity index (χ2n) is 3.49. The van der Waals surface area contributed by atoms with Crippen LogP contribution in [0.25, 0.3) is 0 Å². The van der Waals surface area contributed by atoms with Gasteiger partial charge in [0.2, 0.25) is 10.0 Å². The third-order valence-corrected chi connectivity index (χ3v) is 4.92. The van der Waals surface area contributed by atoms with Gasteiger partial charge in [0.25, 0.3) is 0 Å². The van der Waals surface area contributed by atoms with Crippen LogP contribution in [0.2, 0.25) is 0 Å². The summed E-state index contributed by atoms with van der Waals surface area (Å²) in [7, 11) is -3.18. The number of hydrogen-bond acceptors (Lipinski definition) is 4. The number of hydrogen-bond donors (Lipinski definition) is 1. The number of rotatable bonds is 5. The fourth-order valence-electron chi connectivity index (χ4n) is 0.922. The molecule has 0 spiro atoms. The third-order valence-electron chi connectivity index (χ3n) is 2.00. The normalized spacial score (nSPS) is 12.3. The second-order valence-corrected chi connectivity index (χ2v) is 7.01. The van der Waals surface area contributed by atoms with E-state index in [-0.39, 0.29) is 0 Å². The zero-order valence-corrected chi connectivity index (χ0v) is 10.8. The van der Waals surface area contributed by atoms with Gasteiger partial charge in [-0.2, -0.15) is 0 Å². The zero-order valence-electron chi connectivity index (χ0n) is 9.15. The average Bonchev–Trinajstić information content (AvgIpc) is 2.62. The van der Waals surface area contributed by atoms with E-state index in [4.69, 9.17) is 0 Å². The summed E-state index contributed by atoms with van der Waals surface area (Å²) in [4.78, 5) is 5.32. The van der Waals surface area contributed by atoms with Crippen molar-refractivity contribution in [2.75, 3.05) is 0 Å². The highest BCUT2D eigenvalue weighted by Crippen LogP contribution is 2.13. The molecule has 1 heterocycles. The Bertz CT molecular complexity index is 410. The predicted octanol–water partition coefficient (Wildman–Crippen LogP) is 1.53. The van der Waals surface area contributed by atoms with Gasteiger partial charge in [0, 0.05) is 11.1 Å². The van der Waals surface area contributed by atoms with Crippen LogP contribution in [0, 0.1) is 0 Å². The van der Waals surface area contributed by atoms with Crippen molar-refractivity contribution in [2.24, 2.45) is 0 Å². The fraction of sp³-hybridized carbons (Fsp3) is 0.667. The van der Waals surface area contributed by atoms with Crippen molar-refractivity contribution >= 4 is 21.4 Å². The minimum absolute atomic E-state index is 0.297. The number of sulfonamides is 1. The third kappa shape index (κ3) is 3.55. The van der Waals surface area contributed by atoms with Gasteiger partial charge in [-0.1, -0.05) is 6.92 Å². The minimum atomic E-state index is -3.18. The summed E-state index contributed by atoms with van der Waals surface area (Å²) in [6.07, 6.45) is 2.73. The molecule has 0 radical (unpaired) electrons. The van der Waals surface area contributed by atoms with Crippen molar-refractivity contribution in [3.05, 3.63) is 16.1 Å². The zero-order chi connectivity index (χ0) is 11.5. The number of nitrogens with zero attached hydrogens (tertiary/aromatic N) is 1. The molecule has 15 heavy (non-hydrogen) atoms. The summed E-state index contributed by atoms with van der Waals surface area (Å²) in [6.45, 7) is 5.66. The van der Waals surface area contributed by atoms with Crippen molar-refractivity contribution < 1.29 is 8.42 Å². The van der Waals surface area contributed by atoms with Crippen molar-refractivity contribution in [2.45, 2.75) is 39.0 Å². The standard InChI is InChI=1S/C9H16N2O2S2/c1-4-8-5-10-9(14-8)6-11-15(12,13)7(2)3/h5,7,11H,4,6H2,1-3H3. The molecule has 86 valence electrons. The molecule has 1 rings (SSSR count). The van der Waals surface area contributed by atoms with E-state index in [1.807, 2.05) is 0 Å². The van der Waals surface area contributed by atoms with Gasteiger partial charge in [-0.3, -0.25) is 0 Å². The molecule has 6 heteroatoms. The van der Waals surface area contributed by atoms with Crippen LogP contribution < -0.4 is 4.72 Å². The van der Waals surface area contributed by atoms with Crippen LogP contribution in [0.5, 0.6) is 0 Å². The maximum absolute atomic E-state index is 11.4. The van der Waals surface area contributed by atoms with Crippen LogP contribution in [-0.4, -0.2) is 18.7 Å². The first-order valence-corrected chi connectivity index (χ1v) is 7.24. The molecule has 0 bridgehead atoms. The molecular weight excluding hydrogens is 232 g/mol. The van der Waals surface area contributed by atoms with Crippen molar-refractivity contribution in [1.82, 2.24) is 9.71 Å². The van der Waals surface area contributed by atoms with Crippen molar-refractivity contribution in [1.29, 1.82) is 0 Å². The van der Waals surface area contributed by atoms with Gasteiger partial charge in [0.1, 0.15) is 5.01 Å². The number of aryl methyl sites for hydroxylation is 1. The maximum atomic E-state index is 11.4. The molecule has 1 aromatic heterocycles. The molecule has 0 unspecified atom stereocenters. The molecule has 0 aliphatic carbocycles. The van der Waals surface area contributed by atoms with Crippen LogP contribution in [-0.2, 0) is 23.0 Å². The monoisotopic (exact) mass is 248 g/mol. The van der Waals surface area contributed by atoms with Crippen molar-refractivity contribution in [3.8, 4) is 0 Å². The summed E-state index contributed by atoms with van der Waals surface area (Å²) in [6, 6.07) is 0. The number of nitrogens with one attached hydrogen (secondary N) is 1. The SMILES string of the molecule is CCc1cnc(CNS(=O)(=O)C(C)C)s1. The van der Waals surface area contributed by atoms with Gasteiger partial charge >= 0.3 is 0 Å². The molecule has 0 aromatic carbocycles. The van der Waals surface area contributed by atoms with Crippen molar-refractivity contribution in [3.63, 3.8) is 0 Å². The van der Waals surface area contributed by atoms with Gasteiger partial charge in [0.05, 0.1) is 11.8 Å². The highest BCUT2D eigenvalue weighted by atomic mass is 32.2. The van der Waals surface area contributed by atoms with E-state index in [0.717, 1.165) is 11.4 Å². The van der Waals surface area contributed by atoms with E-state index in [9.17, 15) is 8.42 Å². The second kappa shape index (κ2) is 5.05. The van der Waals surface area contributed by atoms with Crippen LogP contribution in [0.15, 0.2) is 6.20 Å². The Hall–Kier alpha value is -0.460. The topological polar surface area (TPSA) is 59.1 Å². The first-order valence-electron chi connectivity index (χ1n) is 4.87. The largest absolute Gasteiger partial charge is 0.248 e. The molecule has 4 nitrogen and oxygen atoms in total. The van der Waals surface area contributed by atoms with E-state index in [1.54, 1.807) is 31.4 Å². The van der Waals surface area contributed by atoms with Gasteiger partial charge in [-0.15, -0.1) is 11.3 Å². The summed E-state index contributed by atoms with van der Waals surface area (Å²) in [5.74, 6) is 0. The van der Waals surface area contributed by atoms with Gasteiger partial charge in [0.15, 0.2) is 0 Å². The van der Waals surface area contributed by atoms with E-state index < -0.39 is 15.3 Å². The summed E-state index contributed by atoms with van der Waals surface area (Å²) in [5.41, 5.74) is 0. The Labute approximate surface area is 94.8 Å². The van der Waals surface area contributed by atoms with Gasteiger partial charge in [-0.25, -0.2) is 18.1 Å². The van der Waals surface area contributed by atoms with Gasteiger partial charge < -0.3 is 0 Å². The van der Waals surface area contributed by atoms with E-state index in [2.05, 4.69) is 16.6 Å². The molecular formula is C9H16N2O2S2. The lowest BCUT2D eigenvalue weighted by molar-refractivity contribution is 0.572. The average molecular weight is 248 g/mol. The number of aromatic nitrogens is 1. The molecule has 0 atom stereocenters. The van der Waals surface area contributed by atoms with E-state index in [0.29, 0.717) is 6.54 Å². The quantitative estimate of drug-likeness (QED) is 0.859. The molecule has 0 fully saturated rings. The molecule has 0 aliphatic rings. The Morgan fingerprint density at radius 1 is 1.53 bits per heavy atom. The Kier molecular flexibility index (Phi) is 4.24. The molecule has 1 N–H and O–H groups in total. The van der Waals surface area contributed by atoms with E-state index in [1.165, 1.54) is 4.88 Å². The molecule has 0 aliphatic heterocycles.